The van der Waals surface area contributed by atoms with Crippen molar-refractivity contribution >= 4 is 9.05 Å². The highest BCUT2D eigenvalue weighted by Gasteiger charge is 2.45. The SMILES string of the molecule is OCCCCO[Si](OCCCCO)(OCCCCO)OCCCCO. The Labute approximate surface area is 152 Å². The molecule has 9 heteroatoms. The first-order valence-corrected chi connectivity index (χ1v) is 10.9. The van der Waals surface area contributed by atoms with Crippen LogP contribution in [0, 0.1) is 0 Å². The summed E-state index contributed by atoms with van der Waals surface area (Å²) >= 11 is 0. The zero-order valence-electron chi connectivity index (χ0n) is 15.2. The molecule has 0 aromatic carbocycles. The molecular weight excluding hydrogens is 348 g/mol. The molecule has 0 rings (SSSR count). The maximum absolute atomic E-state index is 8.89. The van der Waals surface area contributed by atoms with Crippen LogP contribution in [-0.2, 0) is 17.7 Å². The van der Waals surface area contributed by atoms with E-state index in [9.17, 15) is 0 Å². The molecule has 0 atom stereocenters. The molecule has 0 fully saturated rings. The van der Waals surface area contributed by atoms with Gasteiger partial charge in [-0.05, 0) is 51.4 Å². The molecule has 0 heterocycles. The van der Waals surface area contributed by atoms with Crippen LogP contribution < -0.4 is 0 Å². The molecule has 0 aliphatic rings. The maximum atomic E-state index is 8.89. The third kappa shape index (κ3) is 14.7. The van der Waals surface area contributed by atoms with Crippen molar-refractivity contribution in [3.8, 4) is 0 Å². The monoisotopic (exact) mass is 384 g/mol. The van der Waals surface area contributed by atoms with E-state index in [0.29, 0.717) is 77.8 Å². The van der Waals surface area contributed by atoms with Crippen LogP contribution >= 0.6 is 0 Å². The molecule has 0 amide bonds. The molecule has 4 N–H and O–H groups in total. The standard InChI is InChI=1S/C16H36O8Si/c17-9-1-5-13-21-25(22-14-6-2-10-18,23-15-7-3-11-19)24-16-8-4-12-20/h17-20H,1-16H2. The number of unbranched alkanes of at least 4 members (excludes halogenated alkanes) is 4. The van der Waals surface area contributed by atoms with Crippen molar-refractivity contribution in [2.24, 2.45) is 0 Å². The van der Waals surface area contributed by atoms with Gasteiger partial charge in [0, 0.05) is 52.9 Å². The van der Waals surface area contributed by atoms with Gasteiger partial charge in [0.05, 0.1) is 0 Å². The molecule has 0 aliphatic heterocycles. The van der Waals surface area contributed by atoms with E-state index >= 15 is 0 Å². The molecule has 0 spiro atoms. The van der Waals surface area contributed by atoms with Gasteiger partial charge in [-0.3, -0.25) is 0 Å². The van der Waals surface area contributed by atoms with Gasteiger partial charge < -0.3 is 38.1 Å². The molecule has 0 aromatic rings. The smallest absolute Gasteiger partial charge is 0.396 e. The third-order valence-electron chi connectivity index (χ3n) is 3.33. The summed E-state index contributed by atoms with van der Waals surface area (Å²) in [6.45, 7) is 1.88. The Morgan fingerprint density at radius 1 is 0.400 bits per heavy atom. The third-order valence-corrected chi connectivity index (χ3v) is 5.56. The molecule has 0 saturated carbocycles. The van der Waals surface area contributed by atoms with Gasteiger partial charge in [-0.2, -0.15) is 0 Å². The van der Waals surface area contributed by atoms with Gasteiger partial charge in [0.25, 0.3) is 0 Å². The average Bonchev–Trinajstić information content (AvgIpc) is 2.63. The fraction of sp³-hybridized carbons (Fsp3) is 1.00. The van der Waals surface area contributed by atoms with Gasteiger partial charge in [-0.1, -0.05) is 0 Å². The number of rotatable bonds is 20. The Kier molecular flexibility index (Phi) is 18.6. The number of hydrogen-bond acceptors (Lipinski definition) is 8. The van der Waals surface area contributed by atoms with E-state index in [2.05, 4.69) is 0 Å². The molecule has 0 aliphatic carbocycles. The number of aliphatic hydroxyl groups is 4. The van der Waals surface area contributed by atoms with E-state index in [-0.39, 0.29) is 26.4 Å². The fourth-order valence-electron chi connectivity index (χ4n) is 1.89. The molecular formula is C16H36O8Si. The summed E-state index contributed by atoms with van der Waals surface area (Å²) in [6.07, 6.45) is 5.20. The van der Waals surface area contributed by atoms with Crippen LogP contribution in [0.5, 0.6) is 0 Å². The van der Waals surface area contributed by atoms with Crippen molar-refractivity contribution in [1.29, 1.82) is 0 Å². The van der Waals surface area contributed by atoms with Gasteiger partial charge >= 0.3 is 9.05 Å². The fourth-order valence-corrected chi connectivity index (χ4v) is 3.97. The lowest BCUT2D eigenvalue weighted by atomic mass is 10.3. The Morgan fingerprint density at radius 3 is 0.840 bits per heavy atom. The topological polar surface area (TPSA) is 118 Å². The Morgan fingerprint density at radius 2 is 0.640 bits per heavy atom. The highest BCUT2D eigenvalue weighted by atomic mass is 28.4. The predicted molar refractivity (Wildman–Crippen MR) is 94.8 cm³/mol. The van der Waals surface area contributed by atoms with Gasteiger partial charge in [0.1, 0.15) is 0 Å². The van der Waals surface area contributed by atoms with Crippen LogP contribution in [0.15, 0.2) is 0 Å². The molecule has 0 unspecified atom stereocenters. The summed E-state index contributed by atoms with van der Waals surface area (Å²) < 4.78 is 23.4. The molecule has 25 heavy (non-hydrogen) atoms. The first-order valence-electron chi connectivity index (χ1n) is 9.24. The van der Waals surface area contributed by atoms with Gasteiger partial charge in [0.2, 0.25) is 0 Å². The van der Waals surface area contributed by atoms with Crippen molar-refractivity contribution in [1.82, 2.24) is 0 Å². The highest BCUT2D eigenvalue weighted by molar-refractivity contribution is 6.53. The molecule has 0 bridgehead atoms. The predicted octanol–water partition coefficient (Wildman–Crippen LogP) is 0.578. The van der Waals surface area contributed by atoms with Gasteiger partial charge in [0.15, 0.2) is 0 Å². The summed E-state index contributed by atoms with van der Waals surface area (Å²) in [7, 11) is -3.32. The van der Waals surface area contributed by atoms with Crippen molar-refractivity contribution in [3.63, 3.8) is 0 Å². The Balaban J connectivity index is 4.62. The van der Waals surface area contributed by atoms with Crippen molar-refractivity contribution in [2.75, 3.05) is 52.9 Å². The van der Waals surface area contributed by atoms with Crippen molar-refractivity contribution in [2.45, 2.75) is 51.4 Å². The zero-order valence-corrected chi connectivity index (χ0v) is 16.2. The van der Waals surface area contributed by atoms with E-state index in [1.807, 2.05) is 0 Å². The molecule has 8 nitrogen and oxygen atoms in total. The second-order valence-corrected chi connectivity index (χ2v) is 7.77. The van der Waals surface area contributed by atoms with Crippen LogP contribution in [0.3, 0.4) is 0 Å². The normalized spacial score (nSPS) is 12.0. The van der Waals surface area contributed by atoms with Crippen LogP contribution in [0.25, 0.3) is 0 Å². The van der Waals surface area contributed by atoms with Gasteiger partial charge in [-0.25, -0.2) is 0 Å². The summed E-state index contributed by atoms with van der Waals surface area (Å²) in [6, 6.07) is 0. The zero-order chi connectivity index (χ0) is 18.6. The average molecular weight is 385 g/mol. The van der Waals surface area contributed by atoms with E-state index in [4.69, 9.17) is 38.1 Å². The summed E-state index contributed by atoms with van der Waals surface area (Å²) in [5.41, 5.74) is 0. The summed E-state index contributed by atoms with van der Waals surface area (Å²) in [5, 5.41) is 35.6. The summed E-state index contributed by atoms with van der Waals surface area (Å²) in [5.74, 6) is 0. The van der Waals surface area contributed by atoms with E-state index in [0.717, 1.165) is 0 Å². The van der Waals surface area contributed by atoms with E-state index in [1.165, 1.54) is 0 Å². The molecule has 0 radical (unpaired) electrons. The minimum absolute atomic E-state index is 0.101. The van der Waals surface area contributed by atoms with Crippen LogP contribution in [0.2, 0.25) is 0 Å². The Hall–Kier alpha value is -0.103. The van der Waals surface area contributed by atoms with Gasteiger partial charge in [-0.15, -0.1) is 0 Å². The highest BCUT2D eigenvalue weighted by Crippen LogP contribution is 2.16. The second kappa shape index (κ2) is 18.7. The lowest BCUT2D eigenvalue weighted by Crippen LogP contribution is -2.50. The largest absolute Gasteiger partial charge is 0.679 e. The second-order valence-electron chi connectivity index (χ2n) is 5.62. The number of hydrogen-bond donors (Lipinski definition) is 4. The van der Waals surface area contributed by atoms with Crippen molar-refractivity contribution < 1.29 is 38.1 Å². The van der Waals surface area contributed by atoms with Crippen LogP contribution in [0.1, 0.15) is 51.4 Å². The molecule has 0 aromatic heterocycles. The van der Waals surface area contributed by atoms with E-state index < -0.39 is 9.05 Å². The quantitative estimate of drug-likeness (QED) is 0.178. The lowest BCUT2D eigenvalue weighted by Gasteiger charge is -2.28. The summed E-state index contributed by atoms with van der Waals surface area (Å²) in [4.78, 5) is 0. The Bertz CT molecular complexity index is 217. The van der Waals surface area contributed by atoms with Crippen molar-refractivity contribution in [3.05, 3.63) is 0 Å². The van der Waals surface area contributed by atoms with Crippen LogP contribution in [0.4, 0.5) is 0 Å². The minimum Gasteiger partial charge on any atom is -0.396 e. The maximum Gasteiger partial charge on any atom is 0.679 e. The molecule has 152 valence electrons. The number of aliphatic hydroxyl groups excluding tert-OH is 4. The van der Waals surface area contributed by atoms with E-state index in [1.54, 1.807) is 0 Å². The lowest BCUT2D eigenvalue weighted by molar-refractivity contribution is -0.0387. The first-order chi connectivity index (χ1) is 12.2. The van der Waals surface area contributed by atoms with Crippen LogP contribution in [-0.4, -0.2) is 82.3 Å². The minimum atomic E-state index is -3.32. The molecule has 0 saturated heterocycles. The first kappa shape index (κ1) is 24.9.